The summed E-state index contributed by atoms with van der Waals surface area (Å²) in [5, 5.41) is 3.75. The number of nitrogens with one attached hydrogen (secondary N) is 2. The number of benzene rings is 1. The summed E-state index contributed by atoms with van der Waals surface area (Å²) in [7, 11) is 1.64. The Bertz CT molecular complexity index is 595. The summed E-state index contributed by atoms with van der Waals surface area (Å²) < 4.78 is 10.2. The fraction of sp³-hybridized carbons (Fsp3) is 0.400. The van der Waals surface area contributed by atoms with Crippen molar-refractivity contribution in [3.63, 3.8) is 0 Å². The van der Waals surface area contributed by atoms with Crippen molar-refractivity contribution in [3.8, 4) is 0 Å². The van der Waals surface area contributed by atoms with Crippen LogP contribution in [0.1, 0.15) is 16.8 Å². The van der Waals surface area contributed by atoms with Gasteiger partial charge in [-0.2, -0.15) is 0 Å². The second kappa shape index (κ2) is 7.66. The fourth-order valence-corrected chi connectivity index (χ4v) is 2.05. The highest BCUT2D eigenvalue weighted by atomic mass is 16.5. The van der Waals surface area contributed by atoms with Crippen LogP contribution in [-0.2, 0) is 9.47 Å². The summed E-state index contributed by atoms with van der Waals surface area (Å²) in [6.07, 6.45) is 2.47. The summed E-state index contributed by atoms with van der Waals surface area (Å²) in [6.45, 7) is 2.35. The van der Waals surface area contributed by atoms with Gasteiger partial charge in [-0.05, 0) is 24.6 Å². The number of amides is 1. The van der Waals surface area contributed by atoms with Crippen LogP contribution in [0, 0.1) is 0 Å². The van der Waals surface area contributed by atoms with E-state index in [2.05, 4.69) is 10.3 Å². The molecule has 2 rings (SSSR count). The van der Waals surface area contributed by atoms with Crippen LogP contribution in [0.25, 0.3) is 10.9 Å². The number of carbonyl (C=O) groups is 1. The minimum absolute atomic E-state index is 0.0945. The van der Waals surface area contributed by atoms with Gasteiger partial charge in [0.25, 0.3) is 5.91 Å². The molecular formula is C15H21N3O3. The average Bonchev–Trinajstić information content (AvgIpc) is 2.89. The number of fused-ring (bicyclic) bond motifs is 1. The van der Waals surface area contributed by atoms with Crippen LogP contribution in [0.15, 0.2) is 24.4 Å². The van der Waals surface area contributed by atoms with Gasteiger partial charge in [-0.25, -0.2) is 0 Å². The lowest BCUT2D eigenvalue weighted by Gasteiger charge is -2.05. The number of nitrogen functional groups attached to an aromatic ring is 1. The molecule has 6 nitrogen and oxygen atoms in total. The van der Waals surface area contributed by atoms with E-state index in [9.17, 15) is 4.79 Å². The highest BCUT2D eigenvalue weighted by Gasteiger charge is 2.11. The third-order valence-electron chi connectivity index (χ3n) is 3.13. The molecule has 0 saturated carbocycles. The molecule has 6 heteroatoms. The Morgan fingerprint density at radius 3 is 3.00 bits per heavy atom. The standard InChI is InChI=1S/C15H21N3O3/c1-20-7-8-21-6-2-5-17-15(19)13-10-18-14-9-11(16)3-4-12(13)14/h3-4,9-10,18H,2,5-8,16H2,1H3,(H,17,19). The predicted octanol–water partition coefficient (Wildman–Crippen LogP) is 1.53. The Hall–Kier alpha value is -2.05. The zero-order valence-electron chi connectivity index (χ0n) is 12.1. The molecule has 0 aliphatic heterocycles. The van der Waals surface area contributed by atoms with Gasteiger partial charge in [-0.3, -0.25) is 4.79 Å². The molecule has 0 atom stereocenters. The van der Waals surface area contributed by atoms with Crippen LogP contribution in [0.4, 0.5) is 5.69 Å². The summed E-state index contributed by atoms with van der Waals surface area (Å²) in [4.78, 5) is 15.2. The first-order chi connectivity index (χ1) is 10.2. The monoisotopic (exact) mass is 291 g/mol. The number of H-pyrrole nitrogens is 1. The molecule has 0 saturated heterocycles. The van der Waals surface area contributed by atoms with Crippen molar-refractivity contribution in [3.05, 3.63) is 30.0 Å². The number of carbonyl (C=O) groups excluding carboxylic acids is 1. The fourth-order valence-electron chi connectivity index (χ4n) is 2.05. The van der Waals surface area contributed by atoms with Crippen molar-refractivity contribution in [2.75, 3.05) is 39.2 Å². The number of anilines is 1. The van der Waals surface area contributed by atoms with E-state index < -0.39 is 0 Å². The lowest BCUT2D eigenvalue weighted by Crippen LogP contribution is -2.25. The molecule has 1 heterocycles. The van der Waals surface area contributed by atoms with Gasteiger partial charge in [0, 0.05) is 43.0 Å². The molecule has 1 amide bonds. The van der Waals surface area contributed by atoms with Gasteiger partial charge in [0.05, 0.1) is 18.8 Å². The molecular weight excluding hydrogens is 270 g/mol. The van der Waals surface area contributed by atoms with E-state index in [-0.39, 0.29) is 5.91 Å². The number of methoxy groups -OCH3 is 1. The van der Waals surface area contributed by atoms with E-state index in [0.29, 0.717) is 37.6 Å². The molecule has 0 aliphatic carbocycles. The Kier molecular flexibility index (Phi) is 5.59. The van der Waals surface area contributed by atoms with E-state index in [0.717, 1.165) is 17.3 Å². The maximum absolute atomic E-state index is 12.1. The van der Waals surface area contributed by atoms with Crippen LogP contribution >= 0.6 is 0 Å². The first kappa shape index (κ1) is 15.3. The Balaban J connectivity index is 1.80. The van der Waals surface area contributed by atoms with Crippen molar-refractivity contribution in [2.45, 2.75) is 6.42 Å². The highest BCUT2D eigenvalue weighted by Crippen LogP contribution is 2.20. The van der Waals surface area contributed by atoms with Crippen molar-refractivity contribution in [1.82, 2.24) is 10.3 Å². The lowest BCUT2D eigenvalue weighted by molar-refractivity contribution is 0.0688. The maximum atomic E-state index is 12.1. The van der Waals surface area contributed by atoms with Crippen molar-refractivity contribution in [2.24, 2.45) is 0 Å². The van der Waals surface area contributed by atoms with Crippen molar-refractivity contribution in [1.29, 1.82) is 0 Å². The Morgan fingerprint density at radius 2 is 2.19 bits per heavy atom. The quantitative estimate of drug-likeness (QED) is 0.508. The second-order valence-electron chi connectivity index (χ2n) is 4.72. The molecule has 1 aromatic carbocycles. The van der Waals surface area contributed by atoms with Gasteiger partial charge in [0.2, 0.25) is 0 Å². The SMILES string of the molecule is COCCOCCCNC(=O)c1c[nH]c2cc(N)ccc12. The third-order valence-corrected chi connectivity index (χ3v) is 3.13. The van der Waals surface area contributed by atoms with Gasteiger partial charge in [-0.15, -0.1) is 0 Å². The minimum atomic E-state index is -0.0945. The smallest absolute Gasteiger partial charge is 0.253 e. The Morgan fingerprint density at radius 1 is 1.33 bits per heavy atom. The lowest BCUT2D eigenvalue weighted by atomic mass is 10.1. The molecule has 114 valence electrons. The molecule has 1 aromatic heterocycles. The van der Waals surface area contributed by atoms with E-state index in [1.165, 1.54) is 0 Å². The van der Waals surface area contributed by atoms with E-state index in [1.54, 1.807) is 19.4 Å². The third kappa shape index (κ3) is 4.21. The largest absolute Gasteiger partial charge is 0.399 e. The summed E-state index contributed by atoms with van der Waals surface area (Å²) in [5.41, 5.74) is 7.88. The van der Waals surface area contributed by atoms with Crippen LogP contribution < -0.4 is 11.1 Å². The molecule has 0 spiro atoms. The molecule has 21 heavy (non-hydrogen) atoms. The van der Waals surface area contributed by atoms with Gasteiger partial charge < -0.3 is 25.5 Å². The molecule has 4 N–H and O–H groups in total. The molecule has 2 aromatic rings. The predicted molar refractivity (Wildman–Crippen MR) is 82.4 cm³/mol. The molecule has 0 aliphatic rings. The number of hydrogen-bond donors (Lipinski definition) is 3. The maximum Gasteiger partial charge on any atom is 0.253 e. The minimum Gasteiger partial charge on any atom is -0.399 e. The van der Waals surface area contributed by atoms with Gasteiger partial charge >= 0.3 is 0 Å². The summed E-state index contributed by atoms with van der Waals surface area (Å²) in [5.74, 6) is -0.0945. The molecule has 0 bridgehead atoms. The molecule has 0 fully saturated rings. The van der Waals surface area contributed by atoms with Gasteiger partial charge in [-0.1, -0.05) is 0 Å². The Labute approximate surface area is 123 Å². The first-order valence-electron chi connectivity index (χ1n) is 6.94. The molecule has 0 radical (unpaired) electrons. The highest BCUT2D eigenvalue weighted by molar-refractivity contribution is 6.07. The van der Waals surface area contributed by atoms with Crippen molar-refractivity contribution >= 4 is 22.5 Å². The number of aromatic nitrogens is 1. The van der Waals surface area contributed by atoms with E-state index in [1.807, 2.05) is 12.1 Å². The van der Waals surface area contributed by atoms with E-state index in [4.69, 9.17) is 15.2 Å². The normalized spacial score (nSPS) is 10.9. The van der Waals surface area contributed by atoms with Gasteiger partial charge in [0.15, 0.2) is 0 Å². The van der Waals surface area contributed by atoms with Gasteiger partial charge in [0.1, 0.15) is 0 Å². The van der Waals surface area contributed by atoms with Crippen LogP contribution in [0.5, 0.6) is 0 Å². The number of nitrogens with two attached hydrogens (primary N) is 1. The first-order valence-corrected chi connectivity index (χ1v) is 6.94. The van der Waals surface area contributed by atoms with Crippen LogP contribution in [0.3, 0.4) is 0 Å². The zero-order chi connectivity index (χ0) is 15.1. The number of ether oxygens (including phenoxy) is 2. The van der Waals surface area contributed by atoms with E-state index >= 15 is 0 Å². The number of hydrogen-bond acceptors (Lipinski definition) is 4. The number of rotatable bonds is 8. The summed E-state index contributed by atoms with van der Waals surface area (Å²) >= 11 is 0. The van der Waals surface area contributed by atoms with Crippen LogP contribution in [0.2, 0.25) is 0 Å². The van der Waals surface area contributed by atoms with Crippen molar-refractivity contribution < 1.29 is 14.3 Å². The second-order valence-corrected chi connectivity index (χ2v) is 4.72. The summed E-state index contributed by atoms with van der Waals surface area (Å²) in [6, 6.07) is 5.45. The molecule has 0 unspecified atom stereocenters. The zero-order valence-corrected chi connectivity index (χ0v) is 12.1. The van der Waals surface area contributed by atoms with Crippen LogP contribution in [-0.4, -0.2) is 44.4 Å². The number of aromatic amines is 1. The average molecular weight is 291 g/mol. The topological polar surface area (TPSA) is 89.4 Å².